The summed E-state index contributed by atoms with van der Waals surface area (Å²) in [5.74, 6) is -1.74. The second-order valence-electron chi connectivity index (χ2n) is 6.03. The van der Waals surface area contributed by atoms with Gasteiger partial charge in [-0.05, 0) is 55.9 Å². The first kappa shape index (κ1) is 20.8. The smallest absolute Gasteiger partial charge is 0.321 e. The number of nitrogens with one attached hydrogen (secondary N) is 3. The molecular formula is C17H23N3O6S. The average molecular weight is 397 g/mol. The fraction of sp³-hybridized carbons (Fsp3) is 0.471. The van der Waals surface area contributed by atoms with Crippen LogP contribution in [-0.2, 0) is 37.2 Å². The lowest BCUT2D eigenvalue weighted by Crippen LogP contribution is -2.41. The summed E-state index contributed by atoms with van der Waals surface area (Å²) in [5.41, 5.74) is 2.16. The van der Waals surface area contributed by atoms with Crippen LogP contribution in [0.3, 0.4) is 0 Å². The van der Waals surface area contributed by atoms with Crippen LogP contribution in [0.5, 0.6) is 0 Å². The zero-order valence-corrected chi connectivity index (χ0v) is 15.9. The summed E-state index contributed by atoms with van der Waals surface area (Å²) >= 11 is 0. The van der Waals surface area contributed by atoms with Crippen molar-refractivity contribution in [1.29, 1.82) is 0 Å². The number of rotatable bonds is 7. The van der Waals surface area contributed by atoms with Gasteiger partial charge in [-0.3, -0.25) is 14.9 Å². The van der Waals surface area contributed by atoms with E-state index in [4.69, 9.17) is 0 Å². The molecule has 0 saturated carbocycles. The molecule has 1 aromatic rings. The number of sulfonamides is 1. The number of urea groups is 1. The molecule has 9 nitrogen and oxygen atoms in total. The summed E-state index contributed by atoms with van der Waals surface area (Å²) in [6.07, 6.45) is 3.89. The summed E-state index contributed by atoms with van der Waals surface area (Å²) in [4.78, 5) is 34.3. The molecule has 1 aromatic carbocycles. The van der Waals surface area contributed by atoms with Gasteiger partial charge in [0, 0.05) is 6.54 Å². The largest absolute Gasteiger partial charge is 0.455 e. The van der Waals surface area contributed by atoms with Crippen LogP contribution in [0.15, 0.2) is 23.1 Å². The first-order chi connectivity index (χ1) is 12.8. The van der Waals surface area contributed by atoms with E-state index in [1.54, 1.807) is 19.1 Å². The molecule has 2 rings (SSSR count). The second kappa shape index (κ2) is 9.47. The minimum absolute atomic E-state index is 0.0879. The number of hydrogen-bond acceptors (Lipinski definition) is 6. The molecular weight excluding hydrogens is 374 g/mol. The van der Waals surface area contributed by atoms with Crippen molar-refractivity contribution >= 4 is 27.9 Å². The third kappa shape index (κ3) is 6.33. The quantitative estimate of drug-likeness (QED) is 0.565. The first-order valence-electron chi connectivity index (χ1n) is 8.66. The molecule has 0 aromatic heterocycles. The van der Waals surface area contributed by atoms with Crippen molar-refractivity contribution < 1.29 is 27.5 Å². The Balaban J connectivity index is 1.83. The van der Waals surface area contributed by atoms with Gasteiger partial charge in [-0.1, -0.05) is 6.07 Å². The van der Waals surface area contributed by atoms with Gasteiger partial charge in [0.25, 0.3) is 5.91 Å². The Labute approximate surface area is 157 Å². The summed E-state index contributed by atoms with van der Waals surface area (Å²) < 4.78 is 31.5. The minimum atomic E-state index is -3.87. The van der Waals surface area contributed by atoms with E-state index in [1.807, 2.05) is 5.32 Å². The number of benzene rings is 1. The lowest BCUT2D eigenvalue weighted by Gasteiger charge is -2.16. The molecule has 10 heteroatoms. The Bertz CT molecular complexity index is 822. The molecule has 0 radical (unpaired) electrons. The Hall–Kier alpha value is -2.46. The highest BCUT2D eigenvalue weighted by atomic mass is 32.2. The molecule has 0 saturated heterocycles. The van der Waals surface area contributed by atoms with Gasteiger partial charge in [0.15, 0.2) is 6.61 Å². The van der Waals surface area contributed by atoms with Gasteiger partial charge >= 0.3 is 12.0 Å². The maximum absolute atomic E-state index is 12.3. The van der Waals surface area contributed by atoms with Crippen LogP contribution in [0.25, 0.3) is 0 Å². The predicted octanol–water partition coefficient (Wildman–Crippen LogP) is 0.233. The fourth-order valence-electron chi connectivity index (χ4n) is 2.68. The van der Waals surface area contributed by atoms with Crippen LogP contribution in [0, 0.1) is 0 Å². The van der Waals surface area contributed by atoms with Crippen LogP contribution in [0.4, 0.5) is 4.79 Å². The van der Waals surface area contributed by atoms with Crippen molar-refractivity contribution in [2.24, 2.45) is 0 Å². The standard InChI is InChI=1S/C17H23N3O6S/c1-2-18-17(23)20-15(21)11-26-16(22)10-19-27(24,25)14-8-7-12-5-3-4-6-13(12)9-14/h7-9,19H,2-6,10-11H2,1H3,(H2,18,20,21,23). The van der Waals surface area contributed by atoms with Crippen molar-refractivity contribution in [2.75, 3.05) is 19.7 Å². The number of esters is 1. The van der Waals surface area contributed by atoms with Gasteiger partial charge in [0.2, 0.25) is 10.0 Å². The Morgan fingerprint density at radius 3 is 2.52 bits per heavy atom. The molecule has 0 atom stereocenters. The molecule has 0 aliphatic heterocycles. The number of carbonyl (C=O) groups excluding carboxylic acids is 3. The maximum atomic E-state index is 12.3. The van der Waals surface area contributed by atoms with Gasteiger partial charge in [-0.15, -0.1) is 0 Å². The Morgan fingerprint density at radius 1 is 1.11 bits per heavy atom. The van der Waals surface area contributed by atoms with Crippen molar-refractivity contribution in [1.82, 2.24) is 15.4 Å². The monoisotopic (exact) mass is 397 g/mol. The number of aryl methyl sites for hydroxylation is 2. The van der Waals surface area contributed by atoms with Crippen molar-refractivity contribution in [3.63, 3.8) is 0 Å². The van der Waals surface area contributed by atoms with E-state index in [0.29, 0.717) is 6.54 Å². The molecule has 0 unspecified atom stereocenters. The summed E-state index contributed by atoms with van der Waals surface area (Å²) in [6.45, 7) is 0.715. The van der Waals surface area contributed by atoms with Gasteiger partial charge in [0.1, 0.15) is 6.54 Å². The summed E-state index contributed by atoms with van der Waals surface area (Å²) in [6, 6.07) is 4.23. The summed E-state index contributed by atoms with van der Waals surface area (Å²) in [5, 5.41) is 4.30. The fourth-order valence-corrected chi connectivity index (χ4v) is 3.70. The van der Waals surface area contributed by atoms with Crippen molar-refractivity contribution in [3.05, 3.63) is 29.3 Å². The van der Waals surface area contributed by atoms with Gasteiger partial charge in [0.05, 0.1) is 4.90 Å². The van der Waals surface area contributed by atoms with E-state index in [-0.39, 0.29) is 4.90 Å². The van der Waals surface area contributed by atoms with Gasteiger partial charge in [-0.25, -0.2) is 13.2 Å². The Morgan fingerprint density at radius 2 is 1.81 bits per heavy atom. The Kier molecular flexibility index (Phi) is 7.31. The normalized spacial score (nSPS) is 13.4. The maximum Gasteiger partial charge on any atom is 0.321 e. The molecule has 1 aliphatic rings. The SMILES string of the molecule is CCNC(=O)NC(=O)COC(=O)CNS(=O)(=O)c1ccc2c(c1)CCCC2. The molecule has 3 amide bonds. The van der Waals surface area contributed by atoms with E-state index in [1.165, 1.54) is 6.07 Å². The van der Waals surface area contributed by atoms with E-state index < -0.39 is 41.1 Å². The zero-order valence-electron chi connectivity index (χ0n) is 15.0. The number of amides is 3. The molecule has 0 heterocycles. The van der Waals surface area contributed by atoms with Crippen molar-refractivity contribution in [2.45, 2.75) is 37.5 Å². The van der Waals surface area contributed by atoms with Crippen LogP contribution in [0.1, 0.15) is 30.9 Å². The number of hydrogen-bond donors (Lipinski definition) is 3. The van der Waals surface area contributed by atoms with Crippen molar-refractivity contribution in [3.8, 4) is 0 Å². The number of carbonyl (C=O) groups is 3. The second-order valence-corrected chi connectivity index (χ2v) is 7.80. The lowest BCUT2D eigenvalue weighted by molar-refractivity contribution is -0.147. The lowest BCUT2D eigenvalue weighted by atomic mass is 9.92. The molecule has 0 bridgehead atoms. The highest BCUT2D eigenvalue weighted by molar-refractivity contribution is 7.89. The van der Waals surface area contributed by atoms with E-state index in [9.17, 15) is 22.8 Å². The van der Waals surface area contributed by atoms with Gasteiger partial charge in [-0.2, -0.15) is 4.72 Å². The third-order valence-corrected chi connectivity index (χ3v) is 5.39. The van der Waals surface area contributed by atoms with Gasteiger partial charge < -0.3 is 10.1 Å². The number of fused-ring (bicyclic) bond motifs is 1. The molecule has 0 spiro atoms. The third-order valence-electron chi connectivity index (χ3n) is 3.99. The van der Waals surface area contributed by atoms with E-state index >= 15 is 0 Å². The molecule has 3 N–H and O–H groups in total. The first-order valence-corrected chi connectivity index (χ1v) is 10.1. The minimum Gasteiger partial charge on any atom is -0.455 e. The van der Waals surface area contributed by atoms with Crippen LogP contribution in [-0.4, -0.2) is 46.0 Å². The van der Waals surface area contributed by atoms with E-state index in [0.717, 1.165) is 36.8 Å². The number of ether oxygens (including phenoxy) is 1. The summed E-state index contributed by atoms with van der Waals surface area (Å²) in [7, 11) is -3.87. The topological polar surface area (TPSA) is 131 Å². The molecule has 1 aliphatic carbocycles. The highest BCUT2D eigenvalue weighted by Gasteiger charge is 2.19. The zero-order chi connectivity index (χ0) is 19.9. The predicted molar refractivity (Wildman–Crippen MR) is 96.4 cm³/mol. The molecule has 0 fully saturated rings. The van der Waals surface area contributed by atoms with Crippen LogP contribution >= 0.6 is 0 Å². The highest BCUT2D eigenvalue weighted by Crippen LogP contribution is 2.23. The van der Waals surface area contributed by atoms with E-state index in [2.05, 4.69) is 14.8 Å². The molecule has 27 heavy (non-hydrogen) atoms. The number of imide groups is 1. The van der Waals surface area contributed by atoms with Crippen LogP contribution in [0.2, 0.25) is 0 Å². The molecule has 148 valence electrons. The average Bonchev–Trinajstić information content (AvgIpc) is 2.64. The van der Waals surface area contributed by atoms with Crippen LogP contribution < -0.4 is 15.4 Å².